The lowest BCUT2D eigenvalue weighted by Crippen LogP contribution is -2.42. The zero-order chi connectivity index (χ0) is 16.9. The fourth-order valence-electron chi connectivity index (χ4n) is 2.09. The van der Waals surface area contributed by atoms with Crippen molar-refractivity contribution in [1.29, 1.82) is 0 Å². The van der Waals surface area contributed by atoms with Crippen LogP contribution < -0.4 is 5.73 Å². The number of esters is 1. The molecule has 1 aliphatic heterocycles. The average Bonchev–Trinajstić information content (AvgIpc) is 2.89. The van der Waals surface area contributed by atoms with Crippen LogP contribution in [0.15, 0.2) is 11.8 Å². The monoisotopic (exact) mass is 323 g/mol. The molecule has 6 nitrogen and oxygen atoms in total. The summed E-state index contributed by atoms with van der Waals surface area (Å²) >= 11 is 0. The van der Waals surface area contributed by atoms with E-state index in [-0.39, 0.29) is 19.1 Å². The summed E-state index contributed by atoms with van der Waals surface area (Å²) in [5.74, 6) is -3.77. The lowest BCUT2D eigenvalue weighted by Gasteiger charge is -2.24. The molecule has 0 aliphatic carbocycles. The van der Waals surface area contributed by atoms with Crippen molar-refractivity contribution in [3.05, 3.63) is 11.8 Å². The van der Waals surface area contributed by atoms with Crippen LogP contribution in [0.1, 0.15) is 12.8 Å². The molecule has 0 bridgehead atoms. The van der Waals surface area contributed by atoms with Crippen molar-refractivity contribution in [2.45, 2.75) is 25.1 Å². The number of carbonyl (C=O) groups is 2. The van der Waals surface area contributed by atoms with Crippen molar-refractivity contribution in [2.24, 2.45) is 5.73 Å². The van der Waals surface area contributed by atoms with Crippen LogP contribution in [0.5, 0.6) is 0 Å². The molecule has 126 valence electrons. The highest BCUT2D eigenvalue weighted by molar-refractivity contribution is 5.95. The van der Waals surface area contributed by atoms with Crippen molar-refractivity contribution in [2.75, 3.05) is 33.7 Å². The van der Waals surface area contributed by atoms with E-state index in [1.54, 1.807) is 19.0 Å². The second kappa shape index (κ2) is 7.59. The van der Waals surface area contributed by atoms with Crippen molar-refractivity contribution >= 4 is 11.9 Å². The maximum absolute atomic E-state index is 12.3. The van der Waals surface area contributed by atoms with Gasteiger partial charge in [-0.05, 0) is 33.0 Å². The molecule has 0 spiro atoms. The zero-order valence-electron chi connectivity index (χ0n) is 12.5. The van der Waals surface area contributed by atoms with Crippen LogP contribution in [0.3, 0.4) is 0 Å². The average molecular weight is 323 g/mol. The lowest BCUT2D eigenvalue weighted by molar-refractivity contribution is -0.196. The van der Waals surface area contributed by atoms with Crippen LogP contribution in [0.25, 0.3) is 0 Å². The summed E-state index contributed by atoms with van der Waals surface area (Å²) in [5.41, 5.74) is 5.55. The normalized spacial score (nSPS) is 19.7. The van der Waals surface area contributed by atoms with Gasteiger partial charge >= 0.3 is 12.1 Å². The van der Waals surface area contributed by atoms with Gasteiger partial charge in [-0.3, -0.25) is 4.79 Å². The summed E-state index contributed by atoms with van der Waals surface area (Å²) in [6, 6.07) is -0.250. The van der Waals surface area contributed by atoms with Gasteiger partial charge in [-0.1, -0.05) is 0 Å². The first-order valence-electron chi connectivity index (χ1n) is 6.81. The Kier molecular flexibility index (Phi) is 6.36. The van der Waals surface area contributed by atoms with E-state index in [0.29, 0.717) is 19.4 Å². The highest BCUT2D eigenvalue weighted by atomic mass is 19.4. The van der Waals surface area contributed by atoms with Gasteiger partial charge in [-0.25, -0.2) is 4.79 Å². The fourth-order valence-corrected chi connectivity index (χ4v) is 2.09. The Hall–Kier alpha value is -1.61. The number of carbonyl (C=O) groups excluding carboxylic acids is 2. The number of hydrogen-bond donors (Lipinski definition) is 1. The number of rotatable bonds is 5. The van der Waals surface area contributed by atoms with Crippen LogP contribution >= 0.6 is 0 Å². The van der Waals surface area contributed by atoms with Crippen molar-refractivity contribution in [3.63, 3.8) is 0 Å². The van der Waals surface area contributed by atoms with Gasteiger partial charge in [0.25, 0.3) is 5.91 Å². The van der Waals surface area contributed by atoms with Crippen LogP contribution in [0.4, 0.5) is 13.2 Å². The van der Waals surface area contributed by atoms with Crippen molar-refractivity contribution in [1.82, 2.24) is 9.80 Å². The lowest BCUT2D eigenvalue weighted by atomic mass is 10.2. The summed E-state index contributed by atoms with van der Waals surface area (Å²) in [4.78, 5) is 26.3. The maximum Gasteiger partial charge on any atom is 0.491 e. The van der Waals surface area contributed by atoms with Crippen LogP contribution in [-0.4, -0.2) is 67.6 Å². The molecule has 0 saturated carbocycles. The number of amides is 1. The molecule has 0 aromatic carbocycles. The first kappa shape index (κ1) is 18.4. The number of likely N-dealkylation sites (N-methyl/N-ethyl adjacent to an activating group) is 1. The molecule has 1 atom stereocenters. The van der Waals surface area contributed by atoms with Gasteiger partial charge in [0.05, 0.1) is 0 Å². The van der Waals surface area contributed by atoms with Gasteiger partial charge in [0.2, 0.25) is 0 Å². The molecule has 9 heteroatoms. The Balaban J connectivity index is 2.92. The Labute approximate surface area is 126 Å². The van der Waals surface area contributed by atoms with Gasteiger partial charge in [-0.2, -0.15) is 13.2 Å². The van der Waals surface area contributed by atoms with Gasteiger partial charge in [-0.15, -0.1) is 0 Å². The van der Waals surface area contributed by atoms with E-state index >= 15 is 0 Å². The summed E-state index contributed by atoms with van der Waals surface area (Å²) in [5, 5.41) is 0. The van der Waals surface area contributed by atoms with Gasteiger partial charge in [0.15, 0.2) is 5.76 Å². The van der Waals surface area contributed by atoms with Gasteiger partial charge in [0, 0.05) is 25.7 Å². The summed E-state index contributed by atoms with van der Waals surface area (Å²) in [6.45, 7) is 0.747. The molecule has 2 N–H and O–H groups in total. The molecule has 1 aliphatic rings. The van der Waals surface area contributed by atoms with E-state index < -0.39 is 23.8 Å². The zero-order valence-corrected chi connectivity index (χ0v) is 12.5. The summed E-state index contributed by atoms with van der Waals surface area (Å²) in [6.07, 6.45) is -2.61. The molecule has 1 heterocycles. The Morgan fingerprint density at radius 3 is 2.55 bits per heavy atom. The molecule has 0 radical (unpaired) electrons. The Bertz CT molecular complexity index is 450. The minimum Gasteiger partial charge on any atom is -0.414 e. The molecular formula is C13H20F3N3O3. The van der Waals surface area contributed by atoms with E-state index in [2.05, 4.69) is 4.74 Å². The largest absolute Gasteiger partial charge is 0.491 e. The Morgan fingerprint density at radius 1 is 1.41 bits per heavy atom. The second-order valence-electron chi connectivity index (χ2n) is 5.25. The van der Waals surface area contributed by atoms with Gasteiger partial charge < -0.3 is 20.3 Å². The third-order valence-electron chi connectivity index (χ3n) is 3.20. The number of alkyl halides is 3. The van der Waals surface area contributed by atoms with Gasteiger partial charge in [0.1, 0.15) is 0 Å². The van der Waals surface area contributed by atoms with Crippen LogP contribution in [0, 0.1) is 0 Å². The van der Waals surface area contributed by atoms with E-state index in [1.165, 1.54) is 4.90 Å². The molecule has 0 aromatic heterocycles. The predicted molar refractivity (Wildman–Crippen MR) is 72.6 cm³/mol. The SMILES string of the molecule is CN(C)C/C=C(/OC(=O)C(F)(F)F)C(=O)N1CCC[C@H]1CN. The molecular weight excluding hydrogens is 303 g/mol. The van der Waals surface area contributed by atoms with E-state index in [4.69, 9.17) is 5.73 Å². The van der Waals surface area contributed by atoms with Crippen molar-refractivity contribution < 1.29 is 27.5 Å². The molecule has 1 amide bonds. The van der Waals surface area contributed by atoms with Crippen LogP contribution in [-0.2, 0) is 14.3 Å². The predicted octanol–water partition coefficient (Wildman–Crippen LogP) is 0.487. The molecule has 0 unspecified atom stereocenters. The summed E-state index contributed by atoms with van der Waals surface area (Å²) < 4.78 is 41.3. The van der Waals surface area contributed by atoms with E-state index in [0.717, 1.165) is 6.08 Å². The number of ether oxygens (including phenoxy) is 1. The van der Waals surface area contributed by atoms with Crippen LogP contribution in [0.2, 0.25) is 0 Å². The minimum atomic E-state index is -5.16. The second-order valence-corrected chi connectivity index (χ2v) is 5.25. The highest BCUT2D eigenvalue weighted by Crippen LogP contribution is 2.22. The molecule has 1 rings (SSSR count). The van der Waals surface area contributed by atoms with Crippen molar-refractivity contribution in [3.8, 4) is 0 Å². The molecule has 1 fully saturated rings. The highest BCUT2D eigenvalue weighted by Gasteiger charge is 2.43. The number of nitrogens with zero attached hydrogens (tertiary/aromatic N) is 2. The van der Waals surface area contributed by atoms with E-state index in [9.17, 15) is 22.8 Å². The third-order valence-corrected chi connectivity index (χ3v) is 3.20. The first-order valence-corrected chi connectivity index (χ1v) is 6.81. The molecule has 22 heavy (non-hydrogen) atoms. The number of likely N-dealkylation sites (tertiary alicyclic amines) is 1. The quantitative estimate of drug-likeness (QED) is 0.453. The smallest absolute Gasteiger partial charge is 0.414 e. The van der Waals surface area contributed by atoms with E-state index in [1.807, 2.05) is 0 Å². The maximum atomic E-state index is 12.3. The minimum absolute atomic E-state index is 0.160. The topological polar surface area (TPSA) is 75.9 Å². The fraction of sp³-hybridized carbons (Fsp3) is 0.692. The number of halogens is 3. The first-order chi connectivity index (χ1) is 10.2. The standard InChI is InChI=1S/C13H20F3N3O3/c1-18(2)7-5-10(22-12(21)13(14,15)16)11(20)19-6-3-4-9(19)8-17/h5,9H,3-4,6-8,17H2,1-2H3/b10-5+/t9-/m0/s1. The Morgan fingerprint density at radius 2 is 2.05 bits per heavy atom. The number of hydrogen-bond acceptors (Lipinski definition) is 5. The third kappa shape index (κ3) is 4.99. The summed E-state index contributed by atoms with van der Waals surface area (Å²) in [7, 11) is 3.34. The molecule has 1 saturated heterocycles. The number of nitrogens with two attached hydrogens (primary N) is 1. The molecule has 0 aromatic rings.